The first-order valence-corrected chi connectivity index (χ1v) is 10.9. The van der Waals surface area contributed by atoms with Crippen molar-refractivity contribution in [3.05, 3.63) is 71.8 Å². The second kappa shape index (κ2) is 10.3. The number of aryl methyl sites for hydroxylation is 1. The minimum Gasteiger partial charge on any atom is -0.493 e. The number of hydrogen-bond acceptors (Lipinski definition) is 4. The highest BCUT2D eigenvalue weighted by Crippen LogP contribution is 2.29. The maximum atomic E-state index is 12.3. The van der Waals surface area contributed by atoms with Crippen LogP contribution in [0.2, 0.25) is 0 Å². The van der Waals surface area contributed by atoms with Crippen LogP contribution in [-0.2, 0) is 22.5 Å². The summed E-state index contributed by atoms with van der Waals surface area (Å²) in [4.78, 5) is 12.3. The molecule has 0 bridgehead atoms. The zero-order valence-electron chi connectivity index (χ0n) is 17.9. The Morgan fingerprint density at radius 1 is 1.03 bits per heavy atom. The largest absolute Gasteiger partial charge is 0.493 e. The Kier molecular flexibility index (Phi) is 7.05. The highest BCUT2D eigenvalue weighted by atomic mass is 16.5. The molecule has 1 N–H and O–H groups in total. The van der Waals surface area contributed by atoms with Crippen molar-refractivity contribution in [2.24, 2.45) is 0 Å². The fourth-order valence-corrected chi connectivity index (χ4v) is 3.84. The van der Waals surface area contributed by atoms with E-state index in [1.165, 1.54) is 16.3 Å². The highest BCUT2D eigenvalue weighted by molar-refractivity contribution is 5.83. The number of carbonyl (C=O) groups excluding carboxylic acids is 1. The molecule has 4 rings (SSSR count). The van der Waals surface area contributed by atoms with E-state index in [9.17, 15) is 4.79 Å². The molecule has 1 heterocycles. The summed E-state index contributed by atoms with van der Waals surface area (Å²) < 4.78 is 16.9. The van der Waals surface area contributed by atoms with Crippen LogP contribution in [0.25, 0.3) is 10.8 Å². The van der Waals surface area contributed by atoms with Crippen LogP contribution in [0.15, 0.2) is 60.7 Å². The maximum absolute atomic E-state index is 12.3. The van der Waals surface area contributed by atoms with Crippen molar-refractivity contribution in [3.8, 4) is 11.5 Å². The number of carbonyl (C=O) groups is 1. The Balaban J connectivity index is 1.26. The van der Waals surface area contributed by atoms with Gasteiger partial charge >= 0.3 is 0 Å². The molecule has 0 saturated carbocycles. The molecule has 1 atom stereocenters. The summed E-state index contributed by atoms with van der Waals surface area (Å²) in [6.07, 6.45) is 3.45. The number of nitrogens with one attached hydrogen (secondary N) is 1. The van der Waals surface area contributed by atoms with E-state index in [1.807, 2.05) is 30.3 Å². The third-order valence-corrected chi connectivity index (χ3v) is 5.62. The average molecular weight is 420 g/mol. The standard InChI is InChI=1S/C26H29NO4/c1-29-25-16-20(9-12-24(25)31-18-23-7-4-14-30-23)17-27-26(28)13-10-19-8-11-21-5-2-3-6-22(21)15-19/h2-3,5-6,8-9,11-12,15-16,23H,4,7,10,13-14,17-18H2,1H3,(H,27,28). The third-order valence-electron chi connectivity index (χ3n) is 5.62. The van der Waals surface area contributed by atoms with Crippen molar-refractivity contribution in [2.45, 2.75) is 38.3 Å². The summed E-state index contributed by atoms with van der Waals surface area (Å²) in [6.45, 7) is 1.80. The van der Waals surface area contributed by atoms with Gasteiger partial charge in [-0.15, -0.1) is 0 Å². The Hall–Kier alpha value is -3.05. The molecule has 31 heavy (non-hydrogen) atoms. The number of ether oxygens (including phenoxy) is 3. The predicted molar refractivity (Wildman–Crippen MR) is 122 cm³/mol. The van der Waals surface area contributed by atoms with Crippen molar-refractivity contribution < 1.29 is 19.0 Å². The SMILES string of the molecule is COc1cc(CNC(=O)CCc2ccc3ccccc3c2)ccc1OCC1CCCO1. The smallest absolute Gasteiger partial charge is 0.220 e. The molecular formula is C26H29NO4. The van der Waals surface area contributed by atoms with E-state index in [4.69, 9.17) is 14.2 Å². The van der Waals surface area contributed by atoms with Crippen LogP contribution in [0.5, 0.6) is 11.5 Å². The van der Waals surface area contributed by atoms with Crippen LogP contribution >= 0.6 is 0 Å². The average Bonchev–Trinajstić information content (AvgIpc) is 3.34. The molecule has 0 radical (unpaired) electrons. The zero-order valence-corrected chi connectivity index (χ0v) is 17.9. The van der Waals surface area contributed by atoms with Crippen LogP contribution in [-0.4, -0.2) is 32.3 Å². The van der Waals surface area contributed by atoms with Gasteiger partial charge in [-0.25, -0.2) is 0 Å². The van der Waals surface area contributed by atoms with E-state index >= 15 is 0 Å². The van der Waals surface area contributed by atoms with Crippen LogP contribution in [0.4, 0.5) is 0 Å². The molecule has 0 aliphatic carbocycles. The molecule has 5 heteroatoms. The number of methoxy groups -OCH3 is 1. The Labute approximate surface area is 183 Å². The van der Waals surface area contributed by atoms with E-state index in [1.54, 1.807) is 7.11 Å². The summed E-state index contributed by atoms with van der Waals surface area (Å²) >= 11 is 0. The van der Waals surface area contributed by atoms with E-state index < -0.39 is 0 Å². The lowest BCUT2D eigenvalue weighted by Crippen LogP contribution is -2.23. The van der Waals surface area contributed by atoms with Gasteiger partial charge in [0.25, 0.3) is 0 Å². The molecule has 1 aliphatic heterocycles. The molecule has 1 aliphatic rings. The number of benzene rings is 3. The molecule has 0 aromatic heterocycles. The summed E-state index contributed by atoms with van der Waals surface area (Å²) in [5.41, 5.74) is 2.14. The maximum Gasteiger partial charge on any atom is 0.220 e. The molecule has 1 saturated heterocycles. The summed E-state index contributed by atoms with van der Waals surface area (Å²) in [7, 11) is 1.63. The molecular weight excluding hydrogens is 390 g/mol. The van der Waals surface area contributed by atoms with Crippen LogP contribution < -0.4 is 14.8 Å². The Morgan fingerprint density at radius 3 is 2.68 bits per heavy atom. The van der Waals surface area contributed by atoms with E-state index in [0.717, 1.165) is 31.4 Å². The predicted octanol–water partition coefficient (Wildman–Crippen LogP) is 4.66. The second-order valence-corrected chi connectivity index (χ2v) is 7.89. The first-order chi connectivity index (χ1) is 15.2. The lowest BCUT2D eigenvalue weighted by molar-refractivity contribution is -0.121. The van der Waals surface area contributed by atoms with Crippen LogP contribution in [0.1, 0.15) is 30.4 Å². The zero-order chi connectivity index (χ0) is 21.5. The molecule has 0 spiro atoms. The van der Waals surface area contributed by atoms with Gasteiger partial charge in [0.1, 0.15) is 6.61 Å². The summed E-state index contributed by atoms with van der Waals surface area (Å²) in [5, 5.41) is 5.42. The van der Waals surface area contributed by atoms with Crippen molar-refractivity contribution >= 4 is 16.7 Å². The van der Waals surface area contributed by atoms with Gasteiger partial charge in [0.2, 0.25) is 5.91 Å². The number of fused-ring (bicyclic) bond motifs is 1. The number of hydrogen-bond donors (Lipinski definition) is 1. The number of amides is 1. The van der Waals surface area contributed by atoms with E-state index in [0.29, 0.717) is 31.1 Å². The third kappa shape index (κ3) is 5.76. The fraction of sp³-hybridized carbons (Fsp3) is 0.346. The van der Waals surface area contributed by atoms with Gasteiger partial charge in [0.15, 0.2) is 11.5 Å². The van der Waals surface area contributed by atoms with Crippen LogP contribution in [0.3, 0.4) is 0 Å². The highest BCUT2D eigenvalue weighted by Gasteiger charge is 2.17. The normalized spacial score (nSPS) is 15.7. The lowest BCUT2D eigenvalue weighted by atomic mass is 10.0. The minimum absolute atomic E-state index is 0.0332. The van der Waals surface area contributed by atoms with Gasteiger partial charge in [-0.3, -0.25) is 4.79 Å². The first kappa shape index (κ1) is 21.2. The van der Waals surface area contributed by atoms with Gasteiger partial charge < -0.3 is 19.5 Å². The van der Waals surface area contributed by atoms with Gasteiger partial charge in [-0.1, -0.05) is 48.5 Å². The van der Waals surface area contributed by atoms with E-state index in [-0.39, 0.29) is 12.0 Å². The van der Waals surface area contributed by atoms with Crippen molar-refractivity contribution in [2.75, 3.05) is 20.3 Å². The quantitative estimate of drug-likeness (QED) is 0.548. The molecule has 3 aromatic rings. The Morgan fingerprint density at radius 2 is 1.87 bits per heavy atom. The molecule has 1 fully saturated rings. The number of rotatable bonds is 9. The van der Waals surface area contributed by atoms with Gasteiger partial charge in [0.05, 0.1) is 13.2 Å². The lowest BCUT2D eigenvalue weighted by Gasteiger charge is -2.15. The molecule has 1 unspecified atom stereocenters. The van der Waals surface area contributed by atoms with Gasteiger partial charge in [-0.2, -0.15) is 0 Å². The topological polar surface area (TPSA) is 56.8 Å². The monoisotopic (exact) mass is 419 g/mol. The van der Waals surface area contributed by atoms with E-state index in [2.05, 4.69) is 35.6 Å². The molecule has 162 valence electrons. The minimum atomic E-state index is 0.0332. The van der Waals surface area contributed by atoms with Crippen molar-refractivity contribution in [3.63, 3.8) is 0 Å². The van der Waals surface area contributed by atoms with Gasteiger partial charge in [-0.05, 0) is 53.3 Å². The van der Waals surface area contributed by atoms with Gasteiger partial charge in [0, 0.05) is 19.6 Å². The first-order valence-electron chi connectivity index (χ1n) is 10.9. The molecule has 1 amide bonds. The Bertz CT molecular complexity index is 1030. The fourth-order valence-electron chi connectivity index (χ4n) is 3.84. The van der Waals surface area contributed by atoms with Crippen LogP contribution in [0, 0.1) is 0 Å². The van der Waals surface area contributed by atoms with Crippen molar-refractivity contribution in [1.29, 1.82) is 0 Å². The van der Waals surface area contributed by atoms with Crippen molar-refractivity contribution in [1.82, 2.24) is 5.32 Å². The summed E-state index contributed by atoms with van der Waals surface area (Å²) in [6, 6.07) is 20.4. The summed E-state index contributed by atoms with van der Waals surface area (Å²) in [5.74, 6) is 1.40. The molecule has 3 aromatic carbocycles. The molecule has 5 nitrogen and oxygen atoms in total. The second-order valence-electron chi connectivity index (χ2n) is 7.89.